The van der Waals surface area contributed by atoms with E-state index >= 15 is 0 Å². The van der Waals surface area contributed by atoms with Gasteiger partial charge in [0.25, 0.3) is 5.91 Å². The molecule has 3 unspecified atom stereocenters. The number of carbonyl (C=O) groups excluding carboxylic acids is 2. The molecular weight excluding hydrogens is 400 g/mol. The Morgan fingerprint density at radius 2 is 1.67 bits per heavy atom. The van der Waals surface area contributed by atoms with E-state index < -0.39 is 12.0 Å². The maximum atomic E-state index is 13.6. The summed E-state index contributed by atoms with van der Waals surface area (Å²) in [4.78, 5) is 35.3. The molecule has 6 nitrogen and oxygen atoms in total. The number of imide groups is 1. The quantitative estimate of drug-likeness (QED) is 0.595. The molecule has 152 valence electrons. The van der Waals surface area contributed by atoms with Gasteiger partial charge >= 0.3 is 0 Å². The van der Waals surface area contributed by atoms with Gasteiger partial charge in [0.15, 0.2) is 6.10 Å². The van der Waals surface area contributed by atoms with Gasteiger partial charge in [-0.1, -0.05) is 36.4 Å². The number of benzene rings is 2. The van der Waals surface area contributed by atoms with Crippen molar-refractivity contribution >= 4 is 34.5 Å². The Labute approximate surface area is 178 Å². The summed E-state index contributed by atoms with van der Waals surface area (Å²) in [7, 11) is 1.52. The van der Waals surface area contributed by atoms with Crippen molar-refractivity contribution in [3.8, 4) is 5.75 Å². The molecule has 2 aromatic carbocycles. The fourth-order valence-electron chi connectivity index (χ4n) is 4.23. The highest BCUT2D eigenvalue weighted by Gasteiger charge is 2.61. The molecule has 3 heterocycles. The molecule has 0 N–H and O–H groups in total. The fraction of sp³-hybridized carbons (Fsp3) is 0.217. The number of anilines is 2. The first-order valence-electron chi connectivity index (χ1n) is 9.67. The van der Waals surface area contributed by atoms with Gasteiger partial charge in [-0.3, -0.25) is 14.4 Å². The van der Waals surface area contributed by atoms with Gasteiger partial charge in [-0.15, -0.1) is 11.3 Å². The average Bonchev–Trinajstić information content (AvgIpc) is 3.46. The van der Waals surface area contributed by atoms with Crippen LogP contribution in [0.1, 0.15) is 16.5 Å². The van der Waals surface area contributed by atoms with Gasteiger partial charge in [0.1, 0.15) is 17.7 Å². The van der Waals surface area contributed by atoms with Gasteiger partial charge in [0.2, 0.25) is 5.91 Å². The number of hydrogen-bond acceptors (Lipinski definition) is 6. The summed E-state index contributed by atoms with van der Waals surface area (Å²) in [6.07, 6.45) is -0.880. The maximum absolute atomic E-state index is 13.6. The molecule has 5 rings (SSSR count). The van der Waals surface area contributed by atoms with Crippen LogP contribution in [0.4, 0.5) is 11.4 Å². The van der Waals surface area contributed by atoms with Gasteiger partial charge in [0, 0.05) is 4.88 Å². The molecule has 2 aliphatic rings. The Kier molecular flexibility index (Phi) is 4.56. The van der Waals surface area contributed by atoms with Gasteiger partial charge in [0.05, 0.1) is 18.5 Å². The molecule has 30 heavy (non-hydrogen) atoms. The largest absolute Gasteiger partial charge is 0.495 e. The Hall–Kier alpha value is -3.16. The highest BCUT2D eigenvalue weighted by molar-refractivity contribution is 7.10. The van der Waals surface area contributed by atoms with Gasteiger partial charge in [-0.25, -0.2) is 9.96 Å². The van der Waals surface area contributed by atoms with E-state index in [9.17, 15) is 9.59 Å². The highest BCUT2D eigenvalue weighted by atomic mass is 32.1. The van der Waals surface area contributed by atoms with Crippen LogP contribution in [0.5, 0.6) is 5.75 Å². The summed E-state index contributed by atoms with van der Waals surface area (Å²) < 4.78 is 5.39. The lowest BCUT2D eigenvalue weighted by atomic mass is 9.95. The number of methoxy groups -OCH3 is 1. The van der Waals surface area contributed by atoms with Crippen LogP contribution in [-0.4, -0.2) is 25.0 Å². The number of rotatable bonds is 4. The number of carbonyl (C=O) groups is 2. The molecule has 2 aliphatic heterocycles. The van der Waals surface area contributed by atoms with Crippen LogP contribution in [0.15, 0.2) is 66.0 Å². The Bertz CT molecular complexity index is 1110. The minimum atomic E-state index is -0.880. The Morgan fingerprint density at radius 3 is 2.37 bits per heavy atom. The summed E-state index contributed by atoms with van der Waals surface area (Å²) in [6, 6.07) is 18.4. The predicted molar refractivity (Wildman–Crippen MR) is 115 cm³/mol. The number of ether oxygens (including phenoxy) is 1. The smallest absolute Gasteiger partial charge is 0.266 e. The van der Waals surface area contributed by atoms with E-state index in [1.807, 2.05) is 48.7 Å². The minimum absolute atomic E-state index is 0.274. The maximum Gasteiger partial charge on any atom is 0.266 e. The van der Waals surface area contributed by atoms with E-state index in [-0.39, 0.29) is 17.9 Å². The molecule has 3 aromatic rings. The first kappa shape index (κ1) is 18.8. The summed E-state index contributed by atoms with van der Waals surface area (Å²) >= 11 is 1.55. The van der Waals surface area contributed by atoms with Crippen LogP contribution in [0.25, 0.3) is 0 Å². The second-order valence-corrected chi connectivity index (χ2v) is 8.29. The zero-order valence-electron chi connectivity index (χ0n) is 16.5. The molecule has 3 atom stereocenters. The molecule has 2 saturated heterocycles. The first-order chi connectivity index (χ1) is 14.6. The standard InChI is InChI=1S/C23H20N2O4S/c1-14-8-3-4-9-15(14)25-20(18-12-7-13-30-18)19-21(29-25)23(27)24(22(19)26)16-10-5-6-11-17(16)28-2/h3-13,19-21H,1-2H3. The summed E-state index contributed by atoms with van der Waals surface area (Å²) in [6.45, 7) is 1.99. The third-order valence-corrected chi connectivity index (χ3v) is 6.57. The lowest BCUT2D eigenvalue weighted by Crippen LogP contribution is -2.37. The topological polar surface area (TPSA) is 59.1 Å². The van der Waals surface area contributed by atoms with Crippen LogP contribution in [0, 0.1) is 12.8 Å². The van der Waals surface area contributed by atoms with E-state index in [4.69, 9.17) is 9.57 Å². The number of aryl methyl sites for hydroxylation is 1. The molecular formula is C23H20N2O4S. The van der Waals surface area contributed by atoms with E-state index in [2.05, 4.69) is 0 Å². The van der Waals surface area contributed by atoms with Crippen molar-refractivity contribution in [2.75, 3.05) is 17.1 Å². The minimum Gasteiger partial charge on any atom is -0.495 e. The molecule has 0 radical (unpaired) electrons. The van der Waals surface area contributed by atoms with Crippen molar-refractivity contribution in [1.29, 1.82) is 0 Å². The number of hydrogen-bond donors (Lipinski definition) is 0. The van der Waals surface area contributed by atoms with E-state index in [0.717, 1.165) is 16.1 Å². The lowest BCUT2D eigenvalue weighted by molar-refractivity contribution is -0.126. The number of para-hydroxylation sites is 3. The Morgan fingerprint density at radius 1 is 0.933 bits per heavy atom. The van der Waals surface area contributed by atoms with Gasteiger partial charge in [-0.2, -0.15) is 0 Å². The van der Waals surface area contributed by atoms with Gasteiger partial charge in [-0.05, 0) is 42.1 Å². The third-order valence-electron chi connectivity index (χ3n) is 5.63. The zero-order chi connectivity index (χ0) is 20.8. The number of amides is 2. The summed E-state index contributed by atoms with van der Waals surface area (Å²) in [5.74, 6) is -0.806. The lowest BCUT2D eigenvalue weighted by Gasteiger charge is -2.29. The number of nitrogens with zero attached hydrogens (tertiary/aromatic N) is 2. The number of fused-ring (bicyclic) bond motifs is 1. The Balaban J connectivity index is 1.60. The monoisotopic (exact) mass is 420 g/mol. The predicted octanol–water partition coefficient (Wildman–Crippen LogP) is 4.12. The summed E-state index contributed by atoms with van der Waals surface area (Å²) in [5.41, 5.74) is 2.32. The van der Waals surface area contributed by atoms with Crippen molar-refractivity contribution < 1.29 is 19.2 Å². The van der Waals surface area contributed by atoms with Crippen LogP contribution in [0.2, 0.25) is 0 Å². The molecule has 0 spiro atoms. The van der Waals surface area contributed by atoms with Crippen molar-refractivity contribution in [3.05, 3.63) is 76.5 Å². The van der Waals surface area contributed by atoms with Crippen LogP contribution in [0.3, 0.4) is 0 Å². The second-order valence-electron chi connectivity index (χ2n) is 7.31. The van der Waals surface area contributed by atoms with E-state index in [0.29, 0.717) is 11.4 Å². The van der Waals surface area contributed by atoms with E-state index in [1.165, 1.54) is 12.0 Å². The zero-order valence-corrected chi connectivity index (χ0v) is 17.3. The number of thiophene rings is 1. The first-order valence-corrected chi connectivity index (χ1v) is 10.6. The molecule has 0 saturated carbocycles. The molecule has 0 bridgehead atoms. The molecule has 2 fully saturated rings. The van der Waals surface area contributed by atoms with Crippen LogP contribution in [-0.2, 0) is 14.4 Å². The van der Waals surface area contributed by atoms with E-state index in [1.54, 1.807) is 40.7 Å². The number of hydroxylamine groups is 1. The van der Waals surface area contributed by atoms with Crippen LogP contribution < -0.4 is 14.7 Å². The molecule has 2 amide bonds. The van der Waals surface area contributed by atoms with Crippen molar-refractivity contribution in [2.45, 2.75) is 19.1 Å². The summed E-state index contributed by atoms with van der Waals surface area (Å²) in [5, 5.41) is 3.71. The molecule has 7 heteroatoms. The third kappa shape index (κ3) is 2.74. The van der Waals surface area contributed by atoms with Crippen molar-refractivity contribution in [1.82, 2.24) is 0 Å². The normalized spacial score (nSPS) is 23.2. The van der Waals surface area contributed by atoms with Crippen molar-refractivity contribution in [2.24, 2.45) is 5.92 Å². The molecule has 1 aromatic heterocycles. The van der Waals surface area contributed by atoms with Gasteiger partial charge < -0.3 is 4.74 Å². The van der Waals surface area contributed by atoms with Crippen LogP contribution >= 0.6 is 11.3 Å². The fourth-order valence-corrected chi connectivity index (χ4v) is 5.09. The highest BCUT2D eigenvalue weighted by Crippen LogP contribution is 2.49. The van der Waals surface area contributed by atoms with Crippen molar-refractivity contribution in [3.63, 3.8) is 0 Å². The average molecular weight is 420 g/mol. The SMILES string of the molecule is COc1ccccc1N1C(=O)C2ON(c3ccccc3C)C(c3cccs3)C2C1=O. The second kappa shape index (κ2) is 7.27. The molecule has 0 aliphatic carbocycles.